The third-order valence-electron chi connectivity index (χ3n) is 6.32. The third-order valence-corrected chi connectivity index (χ3v) is 6.32. The summed E-state index contributed by atoms with van der Waals surface area (Å²) in [6, 6.07) is 16.8. The Labute approximate surface area is 151 Å². The predicted molar refractivity (Wildman–Crippen MR) is 105 cm³/mol. The fourth-order valence-electron chi connectivity index (χ4n) is 5.40. The van der Waals surface area contributed by atoms with Crippen LogP contribution in [0.1, 0.15) is 42.9 Å². The van der Waals surface area contributed by atoms with Crippen LogP contribution in [0.4, 0.5) is 11.4 Å². The minimum Gasteiger partial charge on any atom is -0.337 e. The van der Waals surface area contributed by atoms with Crippen LogP contribution in [-0.4, -0.2) is 30.6 Å². The standard InChI is InChI=1S/C23H28N2/c1-16(2)14-24-13-12-22-20(15-24)19-8-5-7-18-11-10-17-6-3-4-9-21(17)25(22)23(18)19/h3-9,16,20,22H,10-15H2,1-2H3/t20-,22+/m0/s1. The minimum atomic E-state index is 0.638. The second-order valence-corrected chi connectivity index (χ2v) is 8.47. The fraction of sp³-hybridized carbons (Fsp3) is 0.478. The van der Waals surface area contributed by atoms with Gasteiger partial charge in [0, 0.05) is 43.0 Å². The highest BCUT2D eigenvalue weighted by Crippen LogP contribution is 2.52. The molecule has 0 unspecified atom stereocenters. The van der Waals surface area contributed by atoms with Crippen LogP contribution in [0, 0.1) is 5.92 Å². The molecular formula is C23H28N2. The van der Waals surface area contributed by atoms with Crippen molar-refractivity contribution in [2.75, 3.05) is 24.5 Å². The van der Waals surface area contributed by atoms with Gasteiger partial charge < -0.3 is 9.80 Å². The van der Waals surface area contributed by atoms with Crippen LogP contribution in [0.25, 0.3) is 0 Å². The average Bonchev–Trinajstić information content (AvgIpc) is 2.83. The van der Waals surface area contributed by atoms with Crippen molar-refractivity contribution in [1.29, 1.82) is 0 Å². The summed E-state index contributed by atoms with van der Waals surface area (Å²) in [5, 5.41) is 0. The van der Waals surface area contributed by atoms with E-state index in [2.05, 4.69) is 66.1 Å². The molecule has 0 aromatic heterocycles. The van der Waals surface area contributed by atoms with E-state index in [0.717, 1.165) is 5.92 Å². The summed E-state index contributed by atoms with van der Waals surface area (Å²) in [5.41, 5.74) is 7.70. The Hall–Kier alpha value is -1.80. The molecule has 3 aliphatic heterocycles. The third kappa shape index (κ3) is 2.42. The largest absolute Gasteiger partial charge is 0.337 e. The first kappa shape index (κ1) is 15.5. The average molecular weight is 332 g/mol. The molecule has 0 N–H and O–H groups in total. The number of rotatable bonds is 2. The van der Waals surface area contributed by atoms with Crippen molar-refractivity contribution in [3.63, 3.8) is 0 Å². The van der Waals surface area contributed by atoms with E-state index in [1.807, 2.05) is 0 Å². The molecule has 3 aliphatic rings. The molecule has 0 spiro atoms. The van der Waals surface area contributed by atoms with Crippen LogP contribution in [0.3, 0.4) is 0 Å². The molecule has 0 bridgehead atoms. The van der Waals surface area contributed by atoms with Gasteiger partial charge in [-0.1, -0.05) is 50.2 Å². The van der Waals surface area contributed by atoms with E-state index >= 15 is 0 Å². The Morgan fingerprint density at radius 3 is 2.68 bits per heavy atom. The lowest BCUT2D eigenvalue weighted by Gasteiger charge is -2.40. The molecule has 3 heterocycles. The molecule has 5 rings (SSSR count). The Morgan fingerprint density at radius 2 is 1.80 bits per heavy atom. The normalized spacial score (nSPS) is 24.7. The van der Waals surface area contributed by atoms with Gasteiger partial charge in [0.1, 0.15) is 0 Å². The molecule has 0 aliphatic carbocycles. The fourth-order valence-corrected chi connectivity index (χ4v) is 5.40. The number of nitrogens with zero attached hydrogens (tertiary/aromatic N) is 2. The number of hydrogen-bond donors (Lipinski definition) is 0. The van der Waals surface area contributed by atoms with E-state index in [-0.39, 0.29) is 0 Å². The number of para-hydroxylation sites is 2. The van der Waals surface area contributed by atoms with Crippen LogP contribution in [0.15, 0.2) is 42.5 Å². The van der Waals surface area contributed by atoms with E-state index in [0.29, 0.717) is 12.0 Å². The van der Waals surface area contributed by atoms with Gasteiger partial charge in [-0.3, -0.25) is 0 Å². The van der Waals surface area contributed by atoms with Gasteiger partial charge in [-0.25, -0.2) is 0 Å². The molecule has 0 amide bonds. The highest BCUT2D eigenvalue weighted by atomic mass is 15.2. The lowest BCUT2D eigenvalue weighted by atomic mass is 9.87. The smallest absolute Gasteiger partial charge is 0.0483 e. The summed E-state index contributed by atoms with van der Waals surface area (Å²) in [7, 11) is 0. The van der Waals surface area contributed by atoms with Crippen molar-refractivity contribution in [2.45, 2.75) is 45.1 Å². The van der Waals surface area contributed by atoms with Crippen molar-refractivity contribution in [2.24, 2.45) is 5.92 Å². The minimum absolute atomic E-state index is 0.638. The lowest BCUT2D eigenvalue weighted by molar-refractivity contribution is 0.178. The molecule has 2 aromatic carbocycles. The Kier molecular flexibility index (Phi) is 3.63. The lowest BCUT2D eigenvalue weighted by Crippen LogP contribution is -2.46. The maximum Gasteiger partial charge on any atom is 0.0483 e. The number of hydrogen-bond acceptors (Lipinski definition) is 2. The topological polar surface area (TPSA) is 6.48 Å². The summed E-state index contributed by atoms with van der Waals surface area (Å²) < 4.78 is 0. The van der Waals surface area contributed by atoms with Crippen molar-refractivity contribution >= 4 is 11.4 Å². The van der Waals surface area contributed by atoms with Crippen LogP contribution in [0.5, 0.6) is 0 Å². The van der Waals surface area contributed by atoms with Gasteiger partial charge in [-0.2, -0.15) is 0 Å². The Bertz CT molecular complexity index is 794. The summed E-state index contributed by atoms with van der Waals surface area (Å²) >= 11 is 0. The van der Waals surface area contributed by atoms with E-state index < -0.39 is 0 Å². The Morgan fingerprint density at radius 1 is 1.00 bits per heavy atom. The second-order valence-electron chi connectivity index (χ2n) is 8.47. The quantitative estimate of drug-likeness (QED) is 0.783. The summed E-state index contributed by atoms with van der Waals surface area (Å²) in [5.74, 6) is 1.41. The maximum atomic E-state index is 2.73. The van der Waals surface area contributed by atoms with Crippen LogP contribution >= 0.6 is 0 Å². The van der Waals surface area contributed by atoms with Crippen molar-refractivity contribution in [1.82, 2.24) is 4.90 Å². The van der Waals surface area contributed by atoms with E-state index in [1.54, 1.807) is 16.8 Å². The molecule has 2 heteroatoms. The number of piperidine rings is 1. The second kappa shape index (κ2) is 5.88. The predicted octanol–water partition coefficient (Wildman–Crippen LogP) is 4.75. The molecule has 25 heavy (non-hydrogen) atoms. The molecule has 0 saturated carbocycles. The molecular weight excluding hydrogens is 304 g/mol. The first-order valence-corrected chi connectivity index (χ1v) is 9.93. The first-order valence-electron chi connectivity index (χ1n) is 9.93. The van der Waals surface area contributed by atoms with Crippen molar-refractivity contribution in [3.8, 4) is 0 Å². The molecule has 1 saturated heterocycles. The highest BCUT2D eigenvalue weighted by Gasteiger charge is 2.44. The van der Waals surface area contributed by atoms with Gasteiger partial charge in [0.15, 0.2) is 0 Å². The van der Waals surface area contributed by atoms with Crippen LogP contribution < -0.4 is 4.90 Å². The summed E-state index contributed by atoms with van der Waals surface area (Å²) in [6.45, 7) is 8.37. The van der Waals surface area contributed by atoms with Crippen LogP contribution in [-0.2, 0) is 12.8 Å². The molecule has 2 nitrogen and oxygen atoms in total. The van der Waals surface area contributed by atoms with Crippen LogP contribution in [0.2, 0.25) is 0 Å². The summed E-state index contributed by atoms with van der Waals surface area (Å²) in [6.07, 6.45) is 3.62. The maximum absolute atomic E-state index is 2.73. The summed E-state index contributed by atoms with van der Waals surface area (Å²) in [4.78, 5) is 5.42. The molecule has 1 fully saturated rings. The zero-order valence-corrected chi connectivity index (χ0v) is 15.4. The van der Waals surface area contributed by atoms with Crippen molar-refractivity contribution in [3.05, 3.63) is 59.2 Å². The van der Waals surface area contributed by atoms with Gasteiger partial charge >= 0.3 is 0 Å². The molecule has 130 valence electrons. The highest BCUT2D eigenvalue weighted by molar-refractivity contribution is 5.79. The van der Waals surface area contributed by atoms with E-state index in [9.17, 15) is 0 Å². The number of aryl methyl sites for hydroxylation is 2. The monoisotopic (exact) mass is 332 g/mol. The number of likely N-dealkylation sites (tertiary alicyclic amines) is 1. The van der Waals surface area contributed by atoms with Gasteiger partial charge in [0.2, 0.25) is 0 Å². The molecule has 2 aromatic rings. The van der Waals surface area contributed by atoms with Gasteiger partial charge in [0.25, 0.3) is 0 Å². The van der Waals surface area contributed by atoms with Gasteiger partial charge in [-0.15, -0.1) is 0 Å². The SMILES string of the molecule is CC(C)CN1CC[C@@H]2[C@@H](C1)c1cccc3c1N2c1ccccc1CC3. The number of fused-ring (bicyclic) bond motifs is 5. The molecule has 0 radical (unpaired) electrons. The number of anilines is 2. The zero-order valence-electron chi connectivity index (χ0n) is 15.4. The zero-order chi connectivity index (χ0) is 17.0. The van der Waals surface area contributed by atoms with Crippen molar-refractivity contribution < 1.29 is 0 Å². The Balaban J connectivity index is 1.60. The van der Waals surface area contributed by atoms with Gasteiger partial charge in [-0.05, 0) is 47.9 Å². The van der Waals surface area contributed by atoms with Gasteiger partial charge in [0.05, 0.1) is 0 Å². The van der Waals surface area contributed by atoms with E-state index in [1.165, 1.54) is 50.1 Å². The van der Waals surface area contributed by atoms with E-state index in [4.69, 9.17) is 0 Å². The first-order chi connectivity index (χ1) is 12.2. The number of benzene rings is 2. The molecule has 2 atom stereocenters.